The second kappa shape index (κ2) is 7.68. The average molecular weight is 276 g/mol. The van der Waals surface area contributed by atoms with Gasteiger partial charge in [0, 0.05) is 30.9 Å². The lowest BCUT2D eigenvalue weighted by molar-refractivity contribution is 0.424. The Bertz CT molecular complexity index is 375. The molecule has 0 radical (unpaired) electrons. The second-order valence-corrected chi connectivity index (χ2v) is 6.82. The van der Waals surface area contributed by atoms with E-state index < -0.39 is 0 Å². The van der Waals surface area contributed by atoms with Gasteiger partial charge in [-0.05, 0) is 51.3 Å². The first-order valence-electron chi connectivity index (χ1n) is 7.94. The molecule has 0 bridgehead atoms. The van der Waals surface area contributed by atoms with Crippen molar-refractivity contribution in [3.8, 4) is 0 Å². The van der Waals surface area contributed by atoms with Gasteiger partial charge in [-0.2, -0.15) is 0 Å². The fraction of sp³-hybridized carbons (Fsp3) is 0.667. The monoisotopic (exact) mass is 276 g/mol. The summed E-state index contributed by atoms with van der Waals surface area (Å²) in [6.07, 6.45) is 1.24. The number of hydrogen-bond donors (Lipinski definition) is 1. The van der Waals surface area contributed by atoms with Crippen LogP contribution in [-0.4, -0.2) is 18.6 Å². The minimum atomic E-state index is 0.171. The molecular weight excluding hydrogens is 244 g/mol. The van der Waals surface area contributed by atoms with Gasteiger partial charge in [0.1, 0.15) is 0 Å². The van der Waals surface area contributed by atoms with Gasteiger partial charge >= 0.3 is 0 Å². The van der Waals surface area contributed by atoms with Crippen LogP contribution in [0.1, 0.15) is 53.5 Å². The third kappa shape index (κ3) is 5.96. The highest BCUT2D eigenvalue weighted by Crippen LogP contribution is 2.18. The molecule has 2 heteroatoms. The number of nitrogens with one attached hydrogen (secondary N) is 1. The van der Waals surface area contributed by atoms with Crippen LogP contribution >= 0.6 is 0 Å². The van der Waals surface area contributed by atoms with Crippen LogP contribution in [0.3, 0.4) is 0 Å². The zero-order valence-electron chi connectivity index (χ0n) is 14.2. The molecule has 0 aliphatic heterocycles. The maximum Gasteiger partial charge on any atom is 0.0366 e. The predicted molar refractivity (Wildman–Crippen MR) is 90.4 cm³/mol. The standard InChI is InChI=1S/C18H32N2/c1-7-15(3)14-20(8-2)17-11-9-16(10-12-17)13-19-18(4,5)6/h9-12,15,19H,7-8,13-14H2,1-6H3. The molecule has 1 unspecified atom stereocenters. The highest BCUT2D eigenvalue weighted by molar-refractivity contribution is 5.47. The third-order valence-electron chi connectivity index (χ3n) is 3.74. The Kier molecular flexibility index (Phi) is 6.54. The first-order valence-corrected chi connectivity index (χ1v) is 7.94. The van der Waals surface area contributed by atoms with Crippen LogP contribution < -0.4 is 10.2 Å². The van der Waals surface area contributed by atoms with Crippen molar-refractivity contribution in [2.45, 2.75) is 60.0 Å². The van der Waals surface area contributed by atoms with E-state index in [2.05, 4.69) is 76.0 Å². The minimum absolute atomic E-state index is 0.171. The topological polar surface area (TPSA) is 15.3 Å². The highest BCUT2D eigenvalue weighted by atomic mass is 15.1. The molecule has 1 N–H and O–H groups in total. The summed E-state index contributed by atoms with van der Waals surface area (Å²) >= 11 is 0. The van der Waals surface area contributed by atoms with Crippen molar-refractivity contribution in [2.75, 3.05) is 18.0 Å². The molecule has 1 atom stereocenters. The Labute approximate surface area is 125 Å². The lowest BCUT2D eigenvalue weighted by Gasteiger charge is -2.26. The molecule has 20 heavy (non-hydrogen) atoms. The van der Waals surface area contributed by atoms with E-state index in [1.807, 2.05) is 0 Å². The summed E-state index contributed by atoms with van der Waals surface area (Å²) in [6.45, 7) is 16.6. The van der Waals surface area contributed by atoms with E-state index in [1.165, 1.54) is 17.7 Å². The van der Waals surface area contributed by atoms with Crippen molar-refractivity contribution in [2.24, 2.45) is 5.92 Å². The van der Waals surface area contributed by atoms with Gasteiger partial charge in [-0.1, -0.05) is 32.4 Å². The molecule has 0 fully saturated rings. The Hall–Kier alpha value is -1.02. The van der Waals surface area contributed by atoms with Crippen molar-refractivity contribution >= 4 is 5.69 Å². The highest BCUT2D eigenvalue weighted by Gasteiger charge is 2.10. The van der Waals surface area contributed by atoms with Gasteiger partial charge in [-0.15, -0.1) is 0 Å². The molecule has 0 aromatic heterocycles. The van der Waals surface area contributed by atoms with Gasteiger partial charge in [0.05, 0.1) is 0 Å². The van der Waals surface area contributed by atoms with Gasteiger partial charge in [0.15, 0.2) is 0 Å². The number of hydrogen-bond acceptors (Lipinski definition) is 2. The van der Waals surface area contributed by atoms with E-state index in [9.17, 15) is 0 Å². The van der Waals surface area contributed by atoms with Gasteiger partial charge in [0.2, 0.25) is 0 Å². The normalized spacial score (nSPS) is 13.3. The molecule has 0 spiro atoms. The summed E-state index contributed by atoms with van der Waals surface area (Å²) in [7, 11) is 0. The Balaban J connectivity index is 2.64. The maximum absolute atomic E-state index is 3.53. The Morgan fingerprint density at radius 3 is 2.15 bits per heavy atom. The molecule has 2 nitrogen and oxygen atoms in total. The molecule has 1 aromatic rings. The van der Waals surface area contributed by atoms with Crippen LogP contribution in [0.4, 0.5) is 5.69 Å². The van der Waals surface area contributed by atoms with Crippen molar-refractivity contribution < 1.29 is 0 Å². The molecule has 114 valence electrons. The van der Waals surface area contributed by atoms with Crippen molar-refractivity contribution in [3.63, 3.8) is 0 Å². The van der Waals surface area contributed by atoms with Gasteiger partial charge in [0.25, 0.3) is 0 Å². The van der Waals surface area contributed by atoms with Crippen molar-refractivity contribution in [3.05, 3.63) is 29.8 Å². The van der Waals surface area contributed by atoms with Crippen LogP contribution in [-0.2, 0) is 6.54 Å². The number of anilines is 1. The molecule has 0 saturated heterocycles. The third-order valence-corrected chi connectivity index (χ3v) is 3.74. The molecule has 1 aromatic carbocycles. The first kappa shape index (κ1) is 17.0. The van der Waals surface area contributed by atoms with Gasteiger partial charge < -0.3 is 10.2 Å². The molecule has 1 rings (SSSR count). The fourth-order valence-electron chi connectivity index (χ4n) is 2.11. The largest absolute Gasteiger partial charge is 0.372 e. The smallest absolute Gasteiger partial charge is 0.0366 e. The lowest BCUT2D eigenvalue weighted by Crippen LogP contribution is -2.35. The van der Waals surface area contributed by atoms with Crippen molar-refractivity contribution in [1.82, 2.24) is 5.32 Å². The number of benzene rings is 1. The summed E-state index contributed by atoms with van der Waals surface area (Å²) in [6, 6.07) is 9.00. The van der Waals surface area contributed by atoms with E-state index in [-0.39, 0.29) is 5.54 Å². The van der Waals surface area contributed by atoms with E-state index in [0.29, 0.717) is 0 Å². The molecule has 0 heterocycles. The zero-order chi connectivity index (χ0) is 15.2. The molecule has 0 aliphatic rings. The van der Waals surface area contributed by atoms with E-state index in [4.69, 9.17) is 0 Å². The average Bonchev–Trinajstić information content (AvgIpc) is 2.42. The van der Waals surface area contributed by atoms with Gasteiger partial charge in [-0.25, -0.2) is 0 Å². The van der Waals surface area contributed by atoms with Crippen LogP contribution in [0.15, 0.2) is 24.3 Å². The Morgan fingerprint density at radius 2 is 1.70 bits per heavy atom. The molecule has 0 saturated carbocycles. The number of rotatable bonds is 7. The Morgan fingerprint density at radius 1 is 1.10 bits per heavy atom. The number of nitrogens with zero attached hydrogens (tertiary/aromatic N) is 1. The van der Waals surface area contributed by atoms with Crippen LogP contribution in [0.25, 0.3) is 0 Å². The lowest BCUT2D eigenvalue weighted by atomic mass is 10.1. The molecule has 0 amide bonds. The molecular formula is C18H32N2. The van der Waals surface area contributed by atoms with E-state index >= 15 is 0 Å². The minimum Gasteiger partial charge on any atom is -0.372 e. The summed E-state index contributed by atoms with van der Waals surface area (Å²) < 4.78 is 0. The summed E-state index contributed by atoms with van der Waals surface area (Å²) in [5.74, 6) is 0.747. The van der Waals surface area contributed by atoms with E-state index in [1.54, 1.807) is 0 Å². The summed E-state index contributed by atoms with van der Waals surface area (Å²) in [4.78, 5) is 2.47. The van der Waals surface area contributed by atoms with Crippen LogP contribution in [0, 0.1) is 5.92 Å². The second-order valence-electron chi connectivity index (χ2n) is 6.82. The fourth-order valence-corrected chi connectivity index (χ4v) is 2.11. The van der Waals surface area contributed by atoms with Crippen LogP contribution in [0.5, 0.6) is 0 Å². The first-order chi connectivity index (χ1) is 9.35. The SMILES string of the molecule is CCC(C)CN(CC)c1ccc(CNC(C)(C)C)cc1. The van der Waals surface area contributed by atoms with Crippen molar-refractivity contribution in [1.29, 1.82) is 0 Å². The zero-order valence-corrected chi connectivity index (χ0v) is 14.2. The van der Waals surface area contributed by atoms with Crippen LogP contribution in [0.2, 0.25) is 0 Å². The molecule has 0 aliphatic carbocycles. The van der Waals surface area contributed by atoms with Gasteiger partial charge in [-0.3, -0.25) is 0 Å². The predicted octanol–water partition coefficient (Wildman–Crippen LogP) is 4.45. The summed E-state index contributed by atoms with van der Waals surface area (Å²) in [5, 5.41) is 3.53. The van der Waals surface area contributed by atoms with E-state index in [0.717, 1.165) is 25.6 Å². The maximum atomic E-state index is 3.53. The summed E-state index contributed by atoms with van der Waals surface area (Å²) in [5.41, 5.74) is 2.86. The quantitative estimate of drug-likeness (QED) is 0.791.